The van der Waals surface area contributed by atoms with Gasteiger partial charge in [0.25, 0.3) is 0 Å². The summed E-state index contributed by atoms with van der Waals surface area (Å²) in [4.78, 5) is 40.2. The highest BCUT2D eigenvalue weighted by Crippen LogP contribution is 2.29. The van der Waals surface area contributed by atoms with Gasteiger partial charge in [-0.2, -0.15) is 0 Å². The Kier molecular flexibility index (Phi) is 7.64. The Labute approximate surface area is 179 Å². The number of likely N-dealkylation sites (tertiary alicyclic amines) is 1. The summed E-state index contributed by atoms with van der Waals surface area (Å²) in [5.41, 5.74) is 0.871. The van der Waals surface area contributed by atoms with Crippen LogP contribution in [0.2, 0.25) is 0 Å². The van der Waals surface area contributed by atoms with E-state index >= 15 is 0 Å². The summed E-state index contributed by atoms with van der Waals surface area (Å²) in [6.45, 7) is 2.16. The van der Waals surface area contributed by atoms with E-state index in [9.17, 15) is 9.59 Å². The second-order valence-corrected chi connectivity index (χ2v) is 8.72. The number of carbonyl (C=O) groups excluding carboxylic acids is 2. The molecule has 0 N–H and O–H groups in total. The smallest absolute Gasteiger partial charge is 0.225 e. The van der Waals surface area contributed by atoms with Gasteiger partial charge in [-0.05, 0) is 12.8 Å². The van der Waals surface area contributed by atoms with Crippen molar-refractivity contribution in [2.24, 2.45) is 5.92 Å². The lowest BCUT2D eigenvalue weighted by Crippen LogP contribution is -2.34. The zero-order valence-corrected chi connectivity index (χ0v) is 18.8. The van der Waals surface area contributed by atoms with Crippen LogP contribution >= 0.6 is 0 Å². The first-order valence-electron chi connectivity index (χ1n) is 11.0. The van der Waals surface area contributed by atoms with E-state index < -0.39 is 0 Å². The van der Waals surface area contributed by atoms with Crippen LogP contribution < -0.4 is 4.90 Å². The molecule has 30 heavy (non-hydrogen) atoms. The third kappa shape index (κ3) is 5.47. The van der Waals surface area contributed by atoms with E-state index in [0.29, 0.717) is 38.5 Å². The topological polar surface area (TPSA) is 78.9 Å². The monoisotopic (exact) mass is 417 g/mol. The Morgan fingerprint density at radius 2 is 1.93 bits per heavy atom. The van der Waals surface area contributed by atoms with Gasteiger partial charge in [-0.1, -0.05) is 19.3 Å². The molecule has 3 rings (SSSR count). The van der Waals surface area contributed by atoms with E-state index in [4.69, 9.17) is 9.72 Å². The van der Waals surface area contributed by atoms with Gasteiger partial charge in [-0.25, -0.2) is 9.97 Å². The molecule has 0 aromatic carbocycles. The second-order valence-electron chi connectivity index (χ2n) is 8.72. The van der Waals surface area contributed by atoms with Gasteiger partial charge in [-0.15, -0.1) is 0 Å². The number of nitrogens with zero attached hydrogens (tertiary/aromatic N) is 5. The van der Waals surface area contributed by atoms with Crippen molar-refractivity contribution in [3.8, 4) is 0 Å². The summed E-state index contributed by atoms with van der Waals surface area (Å²) in [7, 11) is 7.37. The average Bonchev–Trinajstić information content (AvgIpc) is 3.12. The molecule has 1 aliphatic heterocycles. The Balaban J connectivity index is 1.74. The van der Waals surface area contributed by atoms with Crippen LogP contribution in [0.1, 0.15) is 56.0 Å². The van der Waals surface area contributed by atoms with Crippen molar-refractivity contribution in [2.75, 3.05) is 52.8 Å². The normalized spacial score (nSPS) is 19.9. The summed E-state index contributed by atoms with van der Waals surface area (Å²) in [5.74, 6) is 1.92. The Morgan fingerprint density at radius 1 is 1.20 bits per heavy atom. The first kappa shape index (κ1) is 22.5. The molecule has 2 heterocycles. The van der Waals surface area contributed by atoms with Gasteiger partial charge in [0, 0.05) is 65.7 Å². The number of rotatable bonds is 8. The van der Waals surface area contributed by atoms with E-state index in [2.05, 4.69) is 4.98 Å². The molecule has 1 saturated carbocycles. The molecule has 8 nitrogen and oxygen atoms in total. The molecule has 1 aromatic heterocycles. The molecule has 8 heteroatoms. The molecule has 1 aliphatic carbocycles. The van der Waals surface area contributed by atoms with E-state index in [0.717, 1.165) is 37.2 Å². The van der Waals surface area contributed by atoms with Gasteiger partial charge >= 0.3 is 0 Å². The highest BCUT2D eigenvalue weighted by Gasteiger charge is 2.32. The van der Waals surface area contributed by atoms with Crippen LogP contribution in [0.15, 0.2) is 6.07 Å². The Morgan fingerprint density at radius 3 is 2.60 bits per heavy atom. The van der Waals surface area contributed by atoms with E-state index in [1.54, 1.807) is 12.0 Å². The van der Waals surface area contributed by atoms with Gasteiger partial charge in [-0.3, -0.25) is 9.59 Å². The van der Waals surface area contributed by atoms with Crippen molar-refractivity contribution in [3.63, 3.8) is 0 Å². The molecule has 166 valence electrons. The highest BCUT2D eigenvalue weighted by atomic mass is 16.5. The Bertz CT molecular complexity index is 748. The third-order valence-electron chi connectivity index (χ3n) is 6.14. The Hall–Kier alpha value is -2.22. The summed E-state index contributed by atoms with van der Waals surface area (Å²) < 4.78 is 5.12. The van der Waals surface area contributed by atoms with Crippen molar-refractivity contribution in [1.82, 2.24) is 19.8 Å². The summed E-state index contributed by atoms with van der Waals surface area (Å²) in [6.07, 6.45) is 5.91. The number of carbonyl (C=O) groups is 2. The average molecular weight is 418 g/mol. The minimum absolute atomic E-state index is 0.0363. The fourth-order valence-corrected chi connectivity index (χ4v) is 4.35. The van der Waals surface area contributed by atoms with Gasteiger partial charge in [0.15, 0.2) is 0 Å². The van der Waals surface area contributed by atoms with Crippen molar-refractivity contribution >= 4 is 17.6 Å². The fraction of sp³-hybridized carbons (Fsp3) is 0.727. The van der Waals surface area contributed by atoms with Crippen LogP contribution in [0.25, 0.3) is 0 Å². The van der Waals surface area contributed by atoms with Crippen molar-refractivity contribution < 1.29 is 14.3 Å². The summed E-state index contributed by atoms with van der Waals surface area (Å²) in [6, 6.07) is 1.96. The summed E-state index contributed by atoms with van der Waals surface area (Å²) in [5, 5.41) is 0. The largest absolute Gasteiger partial charge is 0.383 e. The minimum atomic E-state index is 0.0363. The number of hydrogen-bond acceptors (Lipinski definition) is 6. The SMILES string of the molecule is COCCN1CC(c2cc(N(C)C)nc(CN(C)C(=O)C3CCCCC3)n2)CC1=O. The van der Waals surface area contributed by atoms with Crippen molar-refractivity contribution in [2.45, 2.75) is 51.0 Å². The van der Waals surface area contributed by atoms with Crippen LogP contribution in [0.5, 0.6) is 0 Å². The number of ether oxygens (including phenoxy) is 1. The maximum Gasteiger partial charge on any atom is 0.225 e. The van der Waals surface area contributed by atoms with E-state index in [1.165, 1.54) is 6.42 Å². The molecular formula is C22H35N5O3. The molecule has 1 atom stereocenters. The molecule has 2 fully saturated rings. The first-order valence-corrected chi connectivity index (χ1v) is 11.0. The quantitative estimate of drug-likeness (QED) is 0.644. The standard InChI is InChI=1S/C22H35N5O3/c1-25(2)20-13-18(17-12-21(28)27(14-17)10-11-30-4)23-19(24-20)15-26(3)22(29)16-8-6-5-7-9-16/h13,16-17H,5-12,14-15H2,1-4H3. The lowest BCUT2D eigenvalue weighted by atomic mass is 9.88. The van der Waals surface area contributed by atoms with Gasteiger partial charge in [0.2, 0.25) is 11.8 Å². The van der Waals surface area contributed by atoms with Gasteiger partial charge in [0.1, 0.15) is 11.6 Å². The predicted octanol–water partition coefficient (Wildman–Crippen LogP) is 2.04. The van der Waals surface area contributed by atoms with Crippen LogP contribution in [0, 0.1) is 5.92 Å². The molecule has 1 saturated heterocycles. The molecule has 2 aliphatic rings. The molecule has 2 amide bonds. The number of aromatic nitrogens is 2. The zero-order valence-electron chi connectivity index (χ0n) is 18.8. The maximum atomic E-state index is 12.8. The van der Waals surface area contributed by atoms with Crippen LogP contribution in [0.3, 0.4) is 0 Å². The molecule has 1 aromatic rings. The molecule has 0 bridgehead atoms. The van der Waals surface area contributed by atoms with Crippen LogP contribution in [0.4, 0.5) is 5.82 Å². The van der Waals surface area contributed by atoms with Crippen LogP contribution in [-0.4, -0.2) is 79.5 Å². The van der Waals surface area contributed by atoms with Gasteiger partial charge in [0.05, 0.1) is 18.8 Å². The summed E-state index contributed by atoms with van der Waals surface area (Å²) >= 11 is 0. The first-order chi connectivity index (χ1) is 14.4. The molecule has 0 radical (unpaired) electrons. The zero-order chi connectivity index (χ0) is 21.7. The number of hydrogen-bond donors (Lipinski definition) is 0. The number of methoxy groups -OCH3 is 1. The van der Waals surface area contributed by atoms with Crippen molar-refractivity contribution in [1.29, 1.82) is 0 Å². The molecular weight excluding hydrogens is 382 g/mol. The van der Waals surface area contributed by atoms with E-state index in [-0.39, 0.29) is 23.7 Å². The molecule has 0 spiro atoms. The number of anilines is 1. The second kappa shape index (κ2) is 10.2. The lowest BCUT2D eigenvalue weighted by Gasteiger charge is -2.26. The third-order valence-corrected chi connectivity index (χ3v) is 6.14. The van der Waals surface area contributed by atoms with Crippen molar-refractivity contribution in [3.05, 3.63) is 17.6 Å². The predicted molar refractivity (Wildman–Crippen MR) is 115 cm³/mol. The lowest BCUT2D eigenvalue weighted by molar-refractivity contribution is -0.135. The van der Waals surface area contributed by atoms with Crippen LogP contribution in [-0.2, 0) is 20.9 Å². The van der Waals surface area contributed by atoms with E-state index in [1.807, 2.05) is 37.0 Å². The maximum absolute atomic E-state index is 12.8. The molecule has 1 unspecified atom stereocenters. The fourth-order valence-electron chi connectivity index (χ4n) is 4.35. The number of amides is 2. The van der Waals surface area contributed by atoms with Gasteiger partial charge < -0.3 is 19.4 Å². The minimum Gasteiger partial charge on any atom is -0.383 e. The highest BCUT2D eigenvalue weighted by molar-refractivity contribution is 5.80.